The summed E-state index contributed by atoms with van der Waals surface area (Å²) in [7, 11) is 0. The smallest absolute Gasteiger partial charge is 0.341 e. The van der Waals surface area contributed by atoms with E-state index in [-0.39, 0.29) is 11.7 Å². The minimum absolute atomic E-state index is 0.0254. The summed E-state index contributed by atoms with van der Waals surface area (Å²) in [6.45, 7) is 3.87. The van der Waals surface area contributed by atoms with E-state index in [1.807, 2.05) is 0 Å². The fourth-order valence-electron chi connectivity index (χ4n) is 3.23. The number of benzene rings is 1. The topological polar surface area (TPSA) is 93.5 Å². The number of rotatable bonds is 5. The number of carbonyl (C=O) groups excluding carboxylic acids is 1. The Bertz CT molecular complexity index is 940. The molecule has 1 aliphatic carbocycles. The summed E-state index contributed by atoms with van der Waals surface area (Å²) in [6, 6.07) is 4.53. The molecular weight excluding hydrogens is 398 g/mol. The normalized spacial score (nSPS) is 12.8. The van der Waals surface area contributed by atoms with E-state index in [9.17, 15) is 14.9 Å². The molecule has 28 heavy (non-hydrogen) atoms. The first-order valence-electron chi connectivity index (χ1n) is 9.05. The molecule has 9 heteroatoms. The van der Waals surface area contributed by atoms with Crippen LogP contribution in [0.15, 0.2) is 18.2 Å². The van der Waals surface area contributed by atoms with E-state index in [0.29, 0.717) is 33.5 Å². The highest BCUT2D eigenvalue weighted by molar-refractivity contribution is 7.80. The highest BCUT2D eigenvalue weighted by atomic mass is 32.1. The molecule has 0 unspecified atom stereocenters. The lowest BCUT2D eigenvalue weighted by molar-refractivity contribution is -0.384. The van der Waals surface area contributed by atoms with Crippen molar-refractivity contribution >= 4 is 51.0 Å². The molecular formula is C19H21N3O4S2. The number of thiocarbonyl (C=S) groups is 1. The molecule has 3 rings (SSSR count). The Morgan fingerprint density at radius 3 is 2.75 bits per heavy atom. The van der Waals surface area contributed by atoms with Gasteiger partial charge < -0.3 is 15.4 Å². The van der Waals surface area contributed by atoms with Crippen molar-refractivity contribution in [2.75, 3.05) is 17.2 Å². The van der Waals surface area contributed by atoms with E-state index in [1.165, 1.54) is 28.3 Å². The molecule has 0 fully saturated rings. The number of nitrogens with zero attached hydrogens (tertiary/aromatic N) is 1. The van der Waals surface area contributed by atoms with Crippen LogP contribution in [0.2, 0.25) is 0 Å². The van der Waals surface area contributed by atoms with Gasteiger partial charge in [0.15, 0.2) is 5.11 Å². The summed E-state index contributed by atoms with van der Waals surface area (Å²) in [5, 5.41) is 18.1. The monoisotopic (exact) mass is 419 g/mol. The Balaban J connectivity index is 1.81. The summed E-state index contributed by atoms with van der Waals surface area (Å²) < 4.78 is 5.25. The molecule has 1 aromatic carbocycles. The van der Waals surface area contributed by atoms with Crippen molar-refractivity contribution in [2.45, 2.75) is 39.5 Å². The van der Waals surface area contributed by atoms with Gasteiger partial charge in [0.2, 0.25) is 0 Å². The average Bonchev–Trinajstić information content (AvgIpc) is 3.01. The zero-order valence-electron chi connectivity index (χ0n) is 15.7. The van der Waals surface area contributed by atoms with E-state index in [4.69, 9.17) is 17.0 Å². The summed E-state index contributed by atoms with van der Waals surface area (Å²) >= 11 is 6.95. The van der Waals surface area contributed by atoms with Crippen molar-refractivity contribution in [1.29, 1.82) is 0 Å². The molecule has 0 spiro atoms. The van der Waals surface area contributed by atoms with Gasteiger partial charge in [-0.1, -0.05) is 0 Å². The summed E-state index contributed by atoms with van der Waals surface area (Å²) in [5.41, 5.74) is 3.03. The second-order valence-corrected chi connectivity index (χ2v) is 7.98. The molecule has 0 amide bonds. The van der Waals surface area contributed by atoms with Crippen LogP contribution in [0.4, 0.5) is 16.4 Å². The van der Waals surface area contributed by atoms with Gasteiger partial charge in [0.1, 0.15) is 5.00 Å². The van der Waals surface area contributed by atoms with Gasteiger partial charge >= 0.3 is 5.97 Å². The molecule has 2 aromatic rings. The Hall–Kier alpha value is -2.52. The first kappa shape index (κ1) is 20.2. The Kier molecular flexibility index (Phi) is 6.25. The number of fused-ring (bicyclic) bond motifs is 1. The third-order valence-corrected chi connectivity index (χ3v) is 5.96. The molecule has 0 radical (unpaired) electrons. The number of nitro benzene ring substituents is 1. The van der Waals surface area contributed by atoms with Crippen molar-refractivity contribution < 1.29 is 14.5 Å². The number of non-ortho nitro benzene ring substituents is 1. The van der Waals surface area contributed by atoms with Gasteiger partial charge in [0, 0.05) is 22.7 Å². The largest absolute Gasteiger partial charge is 0.462 e. The van der Waals surface area contributed by atoms with Crippen molar-refractivity contribution in [2.24, 2.45) is 0 Å². The van der Waals surface area contributed by atoms with Gasteiger partial charge in [-0.15, -0.1) is 11.3 Å². The molecule has 0 aliphatic heterocycles. The predicted molar refractivity (Wildman–Crippen MR) is 115 cm³/mol. The summed E-state index contributed by atoms with van der Waals surface area (Å²) in [4.78, 5) is 24.2. The number of nitrogens with one attached hydrogen (secondary N) is 2. The Morgan fingerprint density at radius 2 is 2.07 bits per heavy atom. The third kappa shape index (κ3) is 4.31. The number of nitro groups is 1. The molecule has 1 heterocycles. The van der Waals surface area contributed by atoms with E-state index in [0.717, 1.165) is 31.2 Å². The average molecular weight is 420 g/mol. The van der Waals surface area contributed by atoms with Gasteiger partial charge in [0.25, 0.3) is 5.69 Å². The van der Waals surface area contributed by atoms with Gasteiger partial charge in [0.05, 0.1) is 17.1 Å². The summed E-state index contributed by atoms with van der Waals surface area (Å²) in [5.74, 6) is -0.335. The molecule has 2 N–H and O–H groups in total. The van der Waals surface area contributed by atoms with Crippen LogP contribution in [0.3, 0.4) is 0 Å². The second-order valence-electron chi connectivity index (χ2n) is 6.47. The fourth-order valence-corrected chi connectivity index (χ4v) is 4.79. The van der Waals surface area contributed by atoms with Crippen molar-refractivity contribution in [3.63, 3.8) is 0 Å². The number of thiophene rings is 1. The molecule has 1 aromatic heterocycles. The number of hydrogen-bond donors (Lipinski definition) is 2. The standard InChI is InChI=1S/C19H21N3O4S2/c1-3-26-18(23)16-13-6-4-5-7-15(13)28-17(16)21-19(27)20-14-9-8-12(22(24)25)10-11(14)2/h8-10H,3-7H2,1-2H3,(H2,20,21,27). The van der Waals surface area contributed by atoms with E-state index in [1.54, 1.807) is 19.9 Å². The number of anilines is 2. The van der Waals surface area contributed by atoms with Crippen LogP contribution in [-0.4, -0.2) is 22.6 Å². The highest BCUT2D eigenvalue weighted by Gasteiger charge is 2.26. The molecule has 0 bridgehead atoms. The highest BCUT2D eigenvalue weighted by Crippen LogP contribution is 2.38. The van der Waals surface area contributed by atoms with Crippen LogP contribution < -0.4 is 10.6 Å². The number of aryl methyl sites for hydroxylation is 2. The molecule has 7 nitrogen and oxygen atoms in total. The number of esters is 1. The lowest BCUT2D eigenvalue weighted by Gasteiger charge is -2.14. The number of carbonyl (C=O) groups is 1. The van der Waals surface area contributed by atoms with Crippen LogP contribution in [0.1, 0.15) is 46.1 Å². The van der Waals surface area contributed by atoms with Gasteiger partial charge in [-0.05, 0) is 68.9 Å². The van der Waals surface area contributed by atoms with Crippen LogP contribution >= 0.6 is 23.6 Å². The van der Waals surface area contributed by atoms with E-state index < -0.39 is 4.92 Å². The van der Waals surface area contributed by atoms with E-state index >= 15 is 0 Å². The quantitative estimate of drug-likeness (QED) is 0.310. The number of hydrogen-bond acceptors (Lipinski definition) is 6. The number of ether oxygens (including phenoxy) is 1. The second kappa shape index (κ2) is 8.66. The van der Waals surface area contributed by atoms with E-state index in [2.05, 4.69) is 10.6 Å². The minimum atomic E-state index is -0.435. The molecule has 0 saturated carbocycles. The van der Waals surface area contributed by atoms with Crippen LogP contribution in [-0.2, 0) is 17.6 Å². The molecule has 0 atom stereocenters. The Labute approximate surface area is 172 Å². The maximum atomic E-state index is 12.5. The zero-order chi connectivity index (χ0) is 20.3. The van der Waals surface area contributed by atoms with Crippen LogP contribution in [0, 0.1) is 17.0 Å². The SMILES string of the molecule is CCOC(=O)c1c(NC(=S)Nc2ccc([N+](=O)[O-])cc2C)sc2c1CCCC2. The van der Waals surface area contributed by atoms with Crippen LogP contribution in [0.5, 0.6) is 0 Å². The van der Waals surface area contributed by atoms with Gasteiger partial charge in [-0.3, -0.25) is 10.1 Å². The Morgan fingerprint density at radius 1 is 1.32 bits per heavy atom. The minimum Gasteiger partial charge on any atom is -0.462 e. The van der Waals surface area contributed by atoms with Gasteiger partial charge in [-0.2, -0.15) is 0 Å². The lowest BCUT2D eigenvalue weighted by Crippen LogP contribution is -2.21. The van der Waals surface area contributed by atoms with Crippen molar-refractivity contribution in [1.82, 2.24) is 0 Å². The zero-order valence-corrected chi connectivity index (χ0v) is 17.3. The first-order valence-corrected chi connectivity index (χ1v) is 10.3. The molecule has 0 saturated heterocycles. The van der Waals surface area contributed by atoms with Crippen LogP contribution in [0.25, 0.3) is 0 Å². The first-order chi connectivity index (χ1) is 13.4. The predicted octanol–water partition coefficient (Wildman–Crippen LogP) is 4.83. The van der Waals surface area contributed by atoms with Gasteiger partial charge in [-0.25, -0.2) is 4.79 Å². The van der Waals surface area contributed by atoms with Crippen molar-refractivity contribution in [3.05, 3.63) is 49.9 Å². The fraction of sp³-hybridized carbons (Fsp3) is 0.368. The maximum Gasteiger partial charge on any atom is 0.341 e. The maximum absolute atomic E-state index is 12.5. The van der Waals surface area contributed by atoms with Crippen molar-refractivity contribution in [3.8, 4) is 0 Å². The molecule has 1 aliphatic rings. The summed E-state index contributed by atoms with van der Waals surface area (Å²) in [6.07, 6.45) is 3.99. The lowest BCUT2D eigenvalue weighted by atomic mass is 9.95. The molecule has 148 valence electrons. The third-order valence-electron chi connectivity index (χ3n) is 4.55.